The zero-order valence-corrected chi connectivity index (χ0v) is 14.6. The second-order valence-corrected chi connectivity index (χ2v) is 6.85. The molecule has 0 radical (unpaired) electrons. The normalized spacial score (nSPS) is 13.9. The lowest BCUT2D eigenvalue weighted by Crippen LogP contribution is -2.14. The van der Waals surface area contributed by atoms with Gasteiger partial charge in [-0.1, -0.05) is 5.16 Å². The van der Waals surface area contributed by atoms with Crippen molar-refractivity contribution in [3.8, 4) is 0 Å². The van der Waals surface area contributed by atoms with Crippen LogP contribution in [0.5, 0.6) is 0 Å². The van der Waals surface area contributed by atoms with Gasteiger partial charge in [0.2, 0.25) is 0 Å². The molecule has 0 bridgehead atoms. The van der Waals surface area contributed by atoms with Gasteiger partial charge in [0, 0.05) is 18.4 Å². The van der Waals surface area contributed by atoms with Gasteiger partial charge in [-0.2, -0.15) is 5.10 Å². The topological polar surface area (TPSA) is 70.2 Å². The van der Waals surface area contributed by atoms with E-state index in [-0.39, 0.29) is 5.97 Å². The number of thioether (sulfide) groups is 1. The lowest BCUT2D eigenvalue weighted by Gasteiger charge is -2.13. The standard InChI is InChI=1S/C14H16BrN3O3S/c1-20-14(19)13-10(16-18-5-3-2-4-11(13)18)8-22-7-9-6-12(15)17-21-9/h6H,2-5,7-8H2,1H3. The van der Waals surface area contributed by atoms with Crippen LogP contribution in [0, 0.1) is 0 Å². The van der Waals surface area contributed by atoms with Crippen LogP contribution in [-0.4, -0.2) is 28.0 Å². The summed E-state index contributed by atoms with van der Waals surface area (Å²) in [6.45, 7) is 0.874. The smallest absolute Gasteiger partial charge is 0.341 e. The van der Waals surface area contributed by atoms with Gasteiger partial charge in [0.05, 0.1) is 24.3 Å². The van der Waals surface area contributed by atoms with Crippen LogP contribution in [0.25, 0.3) is 0 Å². The van der Waals surface area contributed by atoms with Crippen LogP contribution in [0.2, 0.25) is 0 Å². The number of carbonyl (C=O) groups is 1. The molecule has 118 valence electrons. The fourth-order valence-corrected chi connectivity index (χ4v) is 3.75. The molecule has 0 atom stereocenters. The van der Waals surface area contributed by atoms with Crippen molar-refractivity contribution in [3.05, 3.63) is 33.4 Å². The summed E-state index contributed by atoms with van der Waals surface area (Å²) in [7, 11) is 1.41. The number of fused-ring (bicyclic) bond motifs is 1. The molecule has 0 saturated carbocycles. The van der Waals surface area contributed by atoms with E-state index >= 15 is 0 Å². The number of halogens is 1. The molecule has 0 N–H and O–H groups in total. The number of carbonyl (C=O) groups excluding carboxylic acids is 1. The van der Waals surface area contributed by atoms with Gasteiger partial charge < -0.3 is 9.26 Å². The molecule has 0 aromatic carbocycles. The average Bonchev–Trinajstić information content (AvgIpc) is 3.10. The van der Waals surface area contributed by atoms with Crippen LogP contribution in [0.4, 0.5) is 0 Å². The van der Waals surface area contributed by atoms with Crippen molar-refractivity contribution in [2.75, 3.05) is 7.11 Å². The van der Waals surface area contributed by atoms with Crippen molar-refractivity contribution in [1.82, 2.24) is 14.9 Å². The summed E-state index contributed by atoms with van der Waals surface area (Å²) in [5.74, 6) is 1.83. The van der Waals surface area contributed by atoms with E-state index in [4.69, 9.17) is 9.26 Å². The molecule has 1 aliphatic rings. The first-order chi connectivity index (χ1) is 10.7. The van der Waals surface area contributed by atoms with Crippen LogP contribution < -0.4 is 0 Å². The van der Waals surface area contributed by atoms with E-state index in [1.807, 2.05) is 10.7 Å². The summed E-state index contributed by atoms with van der Waals surface area (Å²) in [5, 5.41) is 8.38. The second kappa shape index (κ2) is 6.87. The maximum atomic E-state index is 12.1. The zero-order valence-electron chi connectivity index (χ0n) is 12.2. The lowest BCUT2D eigenvalue weighted by atomic mass is 10.1. The molecule has 0 amide bonds. The average molecular weight is 386 g/mol. The predicted octanol–water partition coefficient (Wildman–Crippen LogP) is 3.19. The monoisotopic (exact) mass is 385 g/mol. The minimum atomic E-state index is -0.291. The lowest BCUT2D eigenvalue weighted by molar-refractivity contribution is 0.0598. The second-order valence-electron chi connectivity index (χ2n) is 5.05. The Balaban J connectivity index is 1.74. The van der Waals surface area contributed by atoms with Gasteiger partial charge in [-0.25, -0.2) is 4.79 Å². The van der Waals surface area contributed by atoms with E-state index in [0.717, 1.165) is 43.0 Å². The van der Waals surface area contributed by atoms with Gasteiger partial charge in [-0.3, -0.25) is 4.68 Å². The molecule has 3 rings (SSSR count). The number of hydrogen-bond acceptors (Lipinski definition) is 6. The summed E-state index contributed by atoms with van der Waals surface area (Å²) in [6.07, 6.45) is 3.08. The summed E-state index contributed by atoms with van der Waals surface area (Å²) in [5.41, 5.74) is 2.46. The van der Waals surface area contributed by atoms with Crippen molar-refractivity contribution in [2.24, 2.45) is 0 Å². The predicted molar refractivity (Wildman–Crippen MR) is 85.7 cm³/mol. The molecular formula is C14H16BrN3O3S. The summed E-state index contributed by atoms with van der Waals surface area (Å²) in [6, 6.07) is 1.84. The van der Waals surface area contributed by atoms with E-state index < -0.39 is 0 Å². The Kier molecular flexibility index (Phi) is 4.87. The molecular weight excluding hydrogens is 370 g/mol. The molecule has 0 spiro atoms. The van der Waals surface area contributed by atoms with Crippen molar-refractivity contribution in [3.63, 3.8) is 0 Å². The highest BCUT2D eigenvalue weighted by Gasteiger charge is 2.25. The van der Waals surface area contributed by atoms with Crippen LogP contribution in [0.15, 0.2) is 15.2 Å². The highest BCUT2D eigenvalue weighted by molar-refractivity contribution is 9.10. The van der Waals surface area contributed by atoms with Crippen molar-refractivity contribution in [2.45, 2.75) is 37.3 Å². The number of nitrogens with zero attached hydrogens (tertiary/aromatic N) is 3. The van der Waals surface area contributed by atoms with Crippen LogP contribution >= 0.6 is 27.7 Å². The third-order valence-corrected chi connectivity index (χ3v) is 4.91. The third-order valence-electron chi connectivity index (χ3n) is 3.57. The van der Waals surface area contributed by atoms with Crippen molar-refractivity contribution >= 4 is 33.7 Å². The van der Waals surface area contributed by atoms with Crippen molar-refractivity contribution in [1.29, 1.82) is 0 Å². The molecule has 0 aliphatic carbocycles. The number of aromatic nitrogens is 3. The van der Waals surface area contributed by atoms with Gasteiger partial charge in [0.25, 0.3) is 0 Å². The molecule has 2 aromatic heterocycles. The largest absolute Gasteiger partial charge is 0.465 e. The Morgan fingerprint density at radius 2 is 2.36 bits per heavy atom. The first kappa shape index (κ1) is 15.6. The zero-order chi connectivity index (χ0) is 15.5. The van der Waals surface area contributed by atoms with Crippen molar-refractivity contribution < 1.29 is 14.1 Å². The molecule has 2 aromatic rings. The van der Waals surface area contributed by atoms with Gasteiger partial charge >= 0.3 is 5.97 Å². The van der Waals surface area contributed by atoms with E-state index in [1.165, 1.54) is 7.11 Å². The Morgan fingerprint density at radius 3 is 3.09 bits per heavy atom. The molecule has 0 saturated heterocycles. The van der Waals surface area contributed by atoms with Gasteiger partial charge in [0.15, 0.2) is 0 Å². The maximum absolute atomic E-state index is 12.1. The fraction of sp³-hybridized carbons (Fsp3) is 0.500. The van der Waals surface area contributed by atoms with E-state index in [2.05, 4.69) is 26.2 Å². The molecule has 8 heteroatoms. The number of hydrogen-bond donors (Lipinski definition) is 0. The number of rotatable bonds is 5. The Labute approximate surface area is 140 Å². The first-order valence-corrected chi connectivity index (χ1v) is 8.99. The minimum Gasteiger partial charge on any atom is -0.465 e. The molecule has 1 aliphatic heterocycles. The number of esters is 1. The summed E-state index contributed by atoms with van der Waals surface area (Å²) in [4.78, 5) is 12.1. The number of aryl methyl sites for hydroxylation is 1. The summed E-state index contributed by atoms with van der Waals surface area (Å²) >= 11 is 4.90. The van der Waals surface area contributed by atoms with E-state index in [9.17, 15) is 4.79 Å². The van der Waals surface area contributed by atoms with E-state index in [1.54, 1.807) is 11.8 Å². The highest BCUT2D eigenvalue weighted by atomic mass is 79.9. The molecule has 6 nitrogen and oxygen atoms in total. The highest BCUT2D eigenvalue weighted by Crippen LogP contribution is 2.27. The SMILES string of the molecule is COC(=O)c1c(CSCc2cc(Br)no2)nn2c1CCCC2. The van der Waals surface area contributed by atoms with Gasteiger partial charge in [-0.05, 0) is 35.2 Å². The van der Waals surface area contributed by atoms with Crippen LogP contribution in [-0.2, 0) is 29.2 Å². The van der Waals surface area contributed by atoms with Gasteiger partial charge in [0.1, 0.15) is 15.9 Å². The third kappa shape index (κ3) is 3.22. The molecule has 3 heterocycles. The maximum Gasteiger partial charge on any atom is 0.341 e. The summed E-state index contributed by atoms with van der Waals surface area (Å²) < 4.78 is 12.7. The first-order valence-electron chi connectivity index (χ1n) is 7.04. The quantitative estimate of drug-likeness (QED) is 0.736. The number of methoxy groups -OCH3 is 1. The van der Waals surface area contributed by atoms with Crippen LogP contribution in [0.1, 0.15) is 40.3 Å². The number of ether oxygens (including phenoxy) is 1. The minimum absolute atomic E-state index is 0.291. The molecule has 22 heavy (non-hydrogen) atoms. The Hall–Kier alpha value is -1.28. The molecule has 0 unspecified atom stereocenters. The van der Waals surface area contributed by atoms with Gasteiger partial charge in [-0.15, -0.1) is 11.8 Å². The van der Waals surface area contributed by atoms with E-state index in [0.29, 0.717) is 21.7 Å². The van der Waals surface area contributed by atoms with Crippen LogP contribution in [0.3, 0.4) is 0 Å². The Bertz CT molecular complexity index is 683. The Morgan fingerprint density at radius 1 is 1.50 bits per heavy atom. The fourth-order valence-electron chi connectivity index (χ4n) is 2.59. The molecule has 0 fully saturated rings.